The van der Waals surface area contributed by atoms with Gasteiger partial charge in [-0.1, -0.05) is 34.8 Å². The molecule has 0 radical (unpaired) electrons. The molecule has 1 aliphatic carbocycles. The van der Waals surface area contributed by atoms with Crippen LogP contribution in [0.5, 0.6) is 0 Å². The standard InChI is InChI=1S/C16H22BrNO/c1-11(19)14-7-6-13(17)10-16(14)18-9-8-12-4-2-3-5-15(12)18/h6-7,10-12,15,19H,2-5,8-9H2,1H3. The van der Waals surface area contributed by atoms with Crippen LogP contribution in [0.2, 0.25) is 0 Å². The number of benzene rings is 1. The molecule has 3 unspecified atom stereocenters. The highest BCUT2D eigenvalue weighted by molar-refractivity contribution is 9.10. The molecule has 1 heterocycles. The van der Waals surface area contributed by atoms with Crippen molar-refractivity contribution in [3.63, 3.8) is 0 Å². The number of aliphatic hydroxyl groups excluding tert-OH is 1. The van der Waals surface area contributed by atoms with Gasteiger partial charge in [0.25, 0.3) is 0 Å². The predicted octanol–water partition coefficient (Wildman–Crippen LogP) is 4.27. The van der Waals surface area contributed by atoms with Gasteiger partial charge in [0.1, 0.15) is 0 Å². The highest BCUT2D eigenvalue weighted by Gasteiger charge is 2.36. The van der Waals surface area contributed by atoms with Crippen molar-refractivity contribution in [2.75, 3.05) is 11.4 Å². The van der Waals surface area contributed by atoms with Crippen molar-refractivity contribution in [1.82, 2.24) is 0 Å². The Morgan fingerprint density at radius 2 is 2.05 bits per heavy atom. The molecule has 2 fully saturated rings. The summed E-state index contributed by atoms with van der Waals surface area (Å²) in [5.41, 5.74) is 2.30. The van der Waals surface area contributed by atoms with E-state index in [1.54, 1.807) is 0 Å². The Morgan fingerprint density at radius 3 is 2.84 bits per heavy atom. The molecule has 2 nitrogen and oxygen atoms in total. The second-order valence-corrected chi connectivity index (χ2v) is 6.89. The van der Waals surface area contributed by atoms with Crippen molar-refractivity contribution >= 4 is 21.6 Å². The van der Waals surface area contributed by atoms with E-state index < -0.39 is 6.10 Å². The number of nitrogens with zero attached hydrogens (tertiary/aromatic N) is 1. The fourth-order valence-electron chi connectivity index (χ4n) is 3.82. The highest BCUT2D eigenvalue weighted by Crippen LogP contribution is 2.41. The summed E-state index contributed by atoms with van der Waals surface area (Å²) in [5.74, 6) is 0.870. The molecule has 0 spiro atoms. The van der Waals surface area contributed by atoms with Gasteiger partial charge in [-0.3, -0.25) is 0 Å². The summed E-state index contributed by atoms with van der Waals surface area (Å²) >= 11 is 3.57. The van der Waals surface area contributed by atoms with Crippen LogP contribution in [0.15, 0.2) is 22.7 Å². The third-order valence-corrected chi connectivity index (χ3v) is 5.26. The highest BCUT2D eigenvalue weighted by atomic mass is 79.9. The van der Waals surface area contributed by atoms with Gasteiger partial charge in [0, 0.05) is 28.3 Å². The van der Waals surface area contributed by atoms with Crippen LogP contribution in [0, 0.1) is 5.92 Å². The monoisotopic (exact) mass is 323 g/mol. The van der Waals surface area contributed by atoms with E-state index in [0.29, 0.717) is 6.04 Å². The molecule has 1 saturated heterocycles. The van der Waals surface area contributed by atoms with E-state index in [9.17, 15) is 5.11 Å². The largest absolute Gasteiger partial charge is 0.389 e. The Kier molecular flexibility index (Phi) is 3.86. The van der Waals surface area contributed by atoms with Crippen LogP contribution in [0.4, 0.5) is 5.69 Å². The Bertz CT molecular complexity index is 460. The molecule has 0 amide bonds. The van der Waals surface area contributed by atoms with E-state index in [1.807, 2.05) is 13.0 Å². The molecule has 0 bridgehead atoms. The SMILES string of the molecule is CC(O)c1ccc(Br)cc1N1CCC2CCCCC21. The first-order valence-electron chi connectivity index (χ1n) is 7.41. The number of anilines is 1. The van der Waals surface area contributed by atoms with E-state index in [-0.39, 0.29) is 0 Å². The molecule has 2 aliphatic rings. The maximum Gasteiger partial charge on any atom is 0.0782 e. The first-order chi connectivity index (χ1) is 9.16. The minimum atomic E-state index is -0.397. The number of aliphatic hydroxyl groups is 1. The zero-order valence-electron chi connectivity index (χ0n) is 11.5. The number of hydrogen-bond donors (Lipinski definition) is 1. The van der Waals surface area contributed by atoms with E-state index in [0.717, 1.165) is 22.5 Å². The lowest BCUT2D eigenvalue weighted by atomic mass is 9.85. The topological polar surface area (TPSA) is 23.5 Å². The summed E-state index contributed by atoms with van der Waals surface area (Å²) in [7, 11) is 0. The minimum Gasteiger partial charge on any atom is -0.389 e. The van der Waals surface area contributed by atoms with Crippen LogP contribution in [0.1, 0.15) is 50.7 Å². The van der Waals surface area contributed by atoms with Crippen molar-refractivity contribution in [1.29, 1.82) is 0 Å². The molecular weight excluding hydrogens is 302 g/mol. The summed E-state index contributed by atoms with van der Waals surface area (Å²) in [4.78, 5) is 2.55. The normalized spacial score (nSPS) is 28.3. The quantitative estimate of drug-likeness (QED) is 0.878. The molecule has 104 valence electrons. The average Bonchev–Trinajstić information content (AvgIpc) is 2.82. The molecule has 19 heavy (non-hydrogen) atoms. The molecule has 3 heteroatoms. The van der Waals surface area contributed by atoms with Crippen LogP contribution < -0.4 is 4.90 Å². The van der Waals surface area contributed by atoms with Gasteiger partial charge in [0.05, 0.1) is 6.10 Å². The van der Waals surface area contributed by atoms with E-state index in [1.165, 1.54) is 37.8 Å². The minimum absolute atomic E-state index is 0.397. The number of rotatable bonds is 2. The van der Waals surface area contributed by atoms with Gasteiger partial charge in [0.2, 0.25) is 0 Å². The number of fused-ring (bicyclic) bond motifs is 1. The molecule has 3 rings (SSSR count). The Morgan fingerprint density at radius 1 is 1.26 bits per heavy atom. The first-order valence-corrected chi connectivity index (χ1v) is 8.20. The van der Waals surface area contributed by atoms with E-state index in [4.69, 9.17) is 0 Å². The van der Waals surface area contributed by atoms with Gasteiger partial charge in [-0.05, 0) is 44.2 Å². The van der Waals surface area contributed by atoms with Gasteiger partial charge in [-0.15, -0.1) is 0 Å². The molecule has 0 aromatic heterocycles. The van der Waals surface area contributed by atoms with Gasteiger partial charge in [-0.25, -0.2) is 0 Å². The third kappa shape index (κ3) is 2.55. The lowest BCUT2D eigenvalue weighted by Crippen LogP contribution is -2.35. The van der Waals surface area contributed by atoms with Crippen molar-refractivity contribution in [3.05, 3.63) is 28.2 Å². The average molecular weight is 324 g/mol. The van der Waals surface area contributed by atoms with E-state index >= 15 is 0 Å². The van der Waals surface area contributed by atoms with Gasteiger partial charge in [-0.2, -0.15) is 0 Å². The maximum atomic E-state index is 10.0. The number of halogens is 1. The molecule has 1 saturated carbocycles. The summed E-state index contributed by atoms with van der Waals surface area (Å²) in [6.07, 6.45) is 6.38. The Labute approximate surface area is 123 Å². The summed E-state index contributed by atoms with van der Waals surface area (Å²) < 4.78 is 1.10. The van der Waals surface area contributed by atoms with Gasteiger partial charge < -0.3 is 10.0 Å². The molecule has 1 aliphatic heterocycles. The van der Waals surface area contributed by atoms with Crippen molar-refractivity contribution in [2.45, 2.75) is 51.2 Å². The predicted molar refractivity (Wildman–Crippen MR) is 82.5 cm³/mol. The third-order valence-electron chi connectivity index (χ3n) is 4.76. The summed E-state index contributed by atoms with van der Waals surface area (Å²) in [5, 5.41) is 10.0. The van der Waals surface area contributed by atoms with Gasteiger partial charge >= 0.3 is 0 Å². The van der Waals surface area contributed by atoms with E-state index in [2.05, 4.69) is 33.0 Å². The summed E-state index contributed by atoms with van der Waals surface area (Å²) in [6, 6.07) is 6.96. The molecule has 1 aromatic rings. The second kappa shape index (κ2) is 5.45. The lowest BCUT2D eigenvalue weighted by Gasteiger charge is -2.34. The first kappa shape index (κ1) is 13.4. The zero-order valence-corrected chi connectivity index (χ0v) is 13.1. The van der Waals surface area contributed by atoms with Crippen LogP contribution in [-0.4, -0.2) is 17.7 Å². The smallest absolute Gasteiger partial charge is 0.0782 e. The second-order valence-electron chi connectivity index (χ2n) is 5.97. The lowest BCUT2D eigenvalue weighted by molar-refractivity contribution is 0.199. The van der Waals surface area contributed by atoms with Crippen molar-refractivity contribution in [3.8, 4) is 0 Å². The van der Waals surface area contributed by atoms with Gasteiger partial charge in [0.15, 0.2) is 0 Å². The number of hydrogen-bond acceptors (Lipinski definition) is 2. The maximum absolute atomic E-state index is 10.0. The van der Waals surface area contributed by atoms with Crippen LogP contribution in [-0.2, 0) is 0 Å². The van der Waals surface area contributed by atoms with Crippen molar-refractivity contribution in [2.24, 2.45) is 5.92 Å². The fourth-order valence-corrected chi connectivity index (χ4v) is 4.17. The van der Waals surface area contributed by atoms with Crippen LogP contribution in [0.3, 0.4) is 0 Å². The Hall–Kier alpha value is -0.540. The van der Waals surface area contributed by atoms with Crippen molar-refractivity contribution < 1.29 is 5.11 Å². The fraction of sp³-hybridized carbons (Fsp3) is 0.625. The molecular formula is C16H22BrNO. The molecule has 3 atom stereocenters. The summed E-state index contributed by atoms with van der Waals surface area (Å²) in [6.45, 7) is 3.01. The van der Waals surface area contributed by atoms with Crippen LogP contribution in [0.25, 0.3) is 0 Å². The van der Waals surface area contributed by atoms with Crippen LogP contribution >= 0.6 is 15.9 Å². The zero-order chi connectivity index (χ0) is 13.4. The Balaban J connectivity index is 1.95. The molecule has 1 N–H and O–H groups in total. The molecule has 1 aromatic carbocycles.